The van der Waals surface area contributed by atoms with E-state index < -0.39 is 0 Å². The molecule has 31 heavy (non-hydrogen) atoms. The van der Waals surface area contributed by atoms with Gasteiger partial charge < -0.3 is 15.0 Å². The lowest BCUT2D eigenvalue weighted by atomic mass is 10.2. The van der Waals surface area contributed by atoms with Crippen LogP contribution in [-0.4, -0.2) is 41.5 Å². The highest BCUT2D eigenvalue weighted by Crippen LogP contribution is 2.27. The van der Waals surface area contributed by atoms with Gasteiger partial charge in [-0.1, -0.05) is 32.6 Å². The van der Waals surface area contributed by atoms with Gasteiger partial charge in [0.25, 0.3) is 5.91 Å². The second kappa shape index (κ2) is 11.5. The van der Waals surface area contributed by atoms with E-state index >= 15 is 0 Å². The van der Waals surface area contributed by atoms with Crippen LogP contribution in [0, 0.1) is 0 Å². The smallest absolute Gasteiger partial charge is 0.271 e. The Balaban J connectivity index is 1.52. The molecule has 1 amide bonds. The van der Waals surface area contributed by atoms with Gasteiger partial charge >= 0.3 is 0 Å². The van der Waals surface area contributed by atoms with Gasteiger partial charge in [0.05, 0.1) is 12.3 Å². The van der Waals surface area contributed by atoms with Crippen molar-refractivity contribution in [2.24, 2.45) is 0 Å². The van der Waals surface area contributed by atoms with E-state index in [-0.39, 0.29) is 5.91 Å². The summed E-state index contributed by atoms with van der Waals surface area (Å²) in [6, 6.07) is 11.6. The molecule has 0 aliphatic carbocycles. The van der Waals surface area contributed by atoms with Crippen LogP contribution in [0.5, 0.6) is 5.75 Å². The number of aromatic nitrogens is 2. The number of nitrogens with one attached hydrogen (secondary N) is 1. The summed E-state index contributed by atoms with van der Waals surface area (Å²) < 4.78 is 5.82. The first-order valence-electron chi connectivity index (χ1n) is 10.7. The highest BCUT2D eigenvalue weighted by atomic mass is 32.1. The molecule has 6 nitrogen and oxygen atoms in total. The van der Waals surface area contributed by atoms with Gasteiger partial charge in [-0.05, 0) is 42.8 Å². The lowest BCUT2D eigenvalue weighted by molar-refractivity contribution is 0.0822. The molecule has 0 fully saturated rings. The molecule has 0 bridgehead atoms. The molecule has 3 aromatic rings. The Morgan fingerprint density at radius 1 is 1.06 bits per heavy atom. The number of hydrogen-bond donors (Lipinski definition) is 1. The number of anilines is 2. The molecular weight excluding hydrogens is 408 g/mol. The largest absolute Gasteiger partial charge is 0.494 e. The number of rotatable bonds is 11. The predicted octanol–water partition coefficient (Wildman–Crippen LogP) is 6.00. The van der Waals surface area contributed by atoms with Crippen molar-refractivity contribution in [2.45, 2.75) is 39.0 Å². The zero-order chi connectivity index (χ0) is 22.1. The zero-order valence-corrected chi connectivity index (χ0v) is 19.2. The molecular formula is C24H30N4O2S. The Kier molecular flexibility index (Phi) is 8.41. The number of carbonyl (C=O) groups is 1. The standard InChI is InChI=1S/C24H30N4O2S/c1-4-5-6-7-8-15-30-20-12-10-19(11-13-20)26-24-27-22(17-31-24)18-9-14-21(25-16-18)23(29)28(2)3/h9-14,16-17H,4-8,15H2,1-3H3,(H,26,27). The second-order valence-electron chi connectivity index (χ2n) is 7.58. The molecule has 0 radical (unpaired) electrons. The molecule has 164 valence electrons. The Hall–Kier alpha value is -2.93. The van der Waals surface area contributed by atoms with E-state index in [4.69, 9.17) is 4.74 Å². The highest BCUT2D eigenvalue weighted by molar-refractivity contribution is 7.14. The van der Waals surface area contributed by atoms with Crippen LogP contribution in [0.25, 0.3) is 11.3 Å². The number of benzene rings is 1. The monoisotopic (exact) mass is 438 g/mol. The molecule has 0 spiro atoms. The van der Waals surface area contributed by atoms with E-state index in [1.165, 1.54) is 41.9 Å². The first-order chi connectivity index (χ1) is 15.1. The molecule has 0 saturated heterocycles. The Bertz CT molecular complexity index is 952. The van der Waals surface area contributed by atoms with Gasteiger partial charge in [0.2, 0.25) is 0 Å². The Labute approximate surface area is 188 Å². The molecule has 3 rings (SSSR count). The summed E-state index contributed by atoms with van der Waals surface area (Å²) in [6.07, 6.45) is 7.86. The average molecular weight is 439 g/mol. The predicted molar refractivity (Wildman–Crippen MR) is 127 cm³/mol. The molecule has 2 aromatic heterocycles. The minimum atomic E-state index is -0.115. The van der Waals surface area contributed by atoms with Gasteiger partial charge in [0.15, 0.2) is 5.13 Å². The van der Waals surface area contributed by atoms with Crippen molar-refractivity contribution in [3.8, 4) is 17.0 Å². The number of hydrogen-bond acceptors (Lipinski definition) is 6. The summed E-state index contributed by atoms with van der Waals surface area (Å²) in [6.45, 7) is 2.99. The van der Waals surface area contributed by atoms with Crippen molar-refractivity contribution in [3.63, 3.8) is 0 Å². The number of amides is 1. The molecule has 0 unspecified atom stereocenters. The normalized spacial score (nSPS) is 10.7. The number of unbranched alkanes of at least 4 members (excludes halogenated alkanes) is 4. The zero-order valence-electron chi connectivity index (χ0n) is 18.4. The van der Waals surface area contributed by atoms with E-state index in [1.807, 2.05) is 35.7 Å². The molecule has 0 saturated carbocycles. The van der Waals surface area contributed by atoms with Gasteiger partial charge in [0, 0.05) is 36.9 Å². The number of ether oxygens (including phenoxy) is 1. The van der Waals surface area contributed by atoms with Gasteiger partial charge in [-0.3, -0.25) is 9.78 Å². The van der Waals surface area contributed by atoms with Crippen molar-refractivity contribution < 1.29 is 9.53 Å². The number of thiazole rings is 1. The third-order valence-corrected chi connectivity index (χ3v) is 5.57. The molecule has 0 aliphatic rings. The maximum absolute atomic E-state index is 12.0. The van der Waals surface area contributed by atoms with E-state index in [2.05, 4.69) is 22.2 Å². The van der Waals surface area contributed by atoms with E-state index in [0.29, 0.717) is 5.69 Å². The van der Waals surface area contributed by atoms with Gasteiger partial charge in [-0.2, -0.15) is 0 Å². The summed E-state index contributed by atoms with van der Waals surface area (Å²) in [7, 11) is 3.42. The van der Waals surface area contributed by atoms with Crippen LogP contribution < -0.4 is 10.1 Å². The summed E-state index contributed by atoms with van der Waals surface area (Å²) in [5.74, 6) is 0.774. The molecule has 0 aliphatic heterocycles. The van der Waals surface area contributed by atoms with Crippen molar-refractivity contribution in [1.29, 1.82) is 0 Å². The van der Waals surface area contributed by atoms with Gasteiger partial charge in [0.1, 0.15) is 11.4 Å². The highest BCUT2D eigenvalue weighted by Gasteiger charge is 2.11. The van der Waals surface area contributed by atoms with Crippen LogP contribution in [0.1, 0.15) is 49.5 Å². The summed E-state index contributed by atoms with van der Waals surface area (Å²) in [4.78, 5) is 22.4. The maximum atomic E-state index is 12.0. The quantitative estimate of drug-likeness (QED) is 0.372. The Morgan fingerprint density at radius 2 is 1.84 bits per heavy atom. The molecule has 0 atom stereocenters. The van der Waals surface area contributed by atoms with E-state index in [0.717, 1.165) is 40.9 Å². The van der Waals surface area contributed by atoms with Crippen molar-refractivity contribution in [1.82, 2.24) is 14.9 Å². The first kappa shape index (κ1) is 22.7. The summed E-state index contributed by atoms with van der Waals surface area (Å²) >= 11 is 1.53. The Morgan fingerprint density at radius 3 is 2.52 bits per heavy atom. The average Bonchev–Trinajstić information content (AvgIpc) is 3.25. The SMILES string of the molecule is CCCCCCCOc1ccc(Nc2nc(-c3ccc(C(=O)N(C)C)nc3)cs2)cc1. The maximum Gasteiger partial charge on any atom is 0.271 e. The summed E-state index contributed by atoms with van der Waals surface area (Å²) in [5, 5.41) is 6.10. The van der Waals surface area contributed by atoms with Crippen molar-refractivity contribution in [3.05, 3.63) is 53.7 Å². The van der Waals surface area contributed by atoms with Crippen LogP contribution in [0.15, 0.2) is 48.0 Å². The third kappa shape index (κ3) is 6.79. The second-order valence-corrected chi connectivity index (χ2v) is 8.44. The van der Waals surface area contributed by atoms with Crippen LogP contribution >= 0.6 is 11.3 Å². The van der Waals surface area contributed by atoms with Gasteiger partial charge in [-0.15, -0.1) is 11.3 Å². The van der Waals surface area contributed by atoms with E-state index in [1.54, 1.807) is 26.4 Å². The van der Waals surface area contributed by atoms with Gasteiger partial charge in [-0.25, -0.2) is 4.98 Å². The lowest BCUT2D eigenvalue weighted by Gasteiger charge is -2.09. The van der Waals surface area contributed by atoms with E-state index in [9.17, 15) is 4.79 Å². The summed E-state index contributed by atoms with van der Waals surface area (Å²) in [5.41, 5.74) is 3.08. The third-order valence-electron chi connectivity index (χ3n) is 4.81. The molecule has 2 heterocycles. The fraction of sp³-hybridized carbons (Fsp3) is 0.375. The molecule has 1 N–H and O–H groups in total. The van der Waals surface area contributed by atoms with Crippen LogP contribution in [0.2, 0.25) is 0 Å². The lowest BCUT2D eigenvalue weighted by Crippen LogP contribution is -2.22. The van der Waals surface area contributed by atoms with Crippen LogP contribution in [0.4, 0.5) is 10.8 Å². The molecule has 1 aromatic carbocycles. The first-order valence-corrected chi connectivity index (χ1v) is 11.6. The van der Waals surface area contributed by atoms with Crippen molar-refractivity contribution in [2.75, 3.05) is 26.0 Å². The van der Waals surface area contributed by atoms with Crippen molar-refractivity contribution >= 4 is 28.1 Å². The minimum absolute atomic E-state index is 0.115. The fourth-order valence-corrected chi connectivity index (χ4v) is 3.76. The van der Waals surface area contributed by atoms with Crippen LogP contribution in [-0.2, 0) is 0 Å². The topological polar surface area (TPSA) is 67.3 Å². The molecule has 7 heteroatoms. The number of nitrogens with zero attached hydrogens (tertiary/aromatic N) is 3. The minimum Gasteiger partial charge on any atom is -0.494 e. The number of pyridine rings is 1. The fourth-order valence-electron chi connectivity index (χ4n) is 3.02. The number of carbonyl (C=O) groups excluding carboxylic acids is 1. The van der Waals surface area contributed by atoms with Crippen LogP contribution in [0.3, 0.4) is 0 Å².